The van der Waals surface area contributed by atoms with E-state index in [0.717, 1.165) is 22.1 Å². The van der Waals surface area contributed by atoms with Crippen LogP contribution in [0.2, 0.25) is 0 Å². The number of nitrogens with zero attached hydrogens (tertiary/aromatic N) is 2. The predicted octanol–water partition coefficient (Wildman–Crippen LogP) is 4.79. The molecule has 0 bridgehead atoms. The monoisotopic (exact) mass is 498 g/mol. The summed E-state index contributed by atoms with van der Waals surface area (Å²) in [6.07, 6.45) is 1.09. The summed E-state index contributed by atoms with van der Waals surface area (Å²) in [7, 11) is -2.10. The van der Waals surface area contributed by atoms with Gasteiger partial charge in [0.2, 0.25) is 5.91 Å². The maximum Gasteiger partial charge on any atom is 0.264 e. The first-order valence-electron chi connectivity index (χ1n) is 10.0. The zero-order valence-corrected chi connectivity index (χ0v) is 19.7. The number of anilines is 2. The average Bonchev–Trinajstić information content (AvgIpc) is 3.09. The molecule has 1 atom stereocenters. The second-order valence-corrected chi connectivity index (χ2v) is 10.6. The fourth-order valence-electron chi connectivity index (χ4n) is 3.95. The Morgan fingerprint density at radius 3 is 2.42 bits per heavy atom. The van der Waals surface area contributed by atoms with Gasteiger partial charge in [-0.15, -0.1) is 0 Å². The van der Waals surface area contributed by atoms with Gasteiger partial charge in [0.15, 0.2) is 0 Å². The number of amides is 1. The van der Waals surface area contributed by atoms with E-state index in [1.165, 1.54) is 16.9 Å². The molecule has 1 aliphatic heterocycles. The second-order valence-electron chi connectivity index (χ2n) is 7.72. The molecule has 1 aliphatic rings. The van der Waals surface area contributed by atoms with Crippen molar-refractivity contribution in [3.8, 4) is 0 Å². The van der Waals surface area contributed by atoms with Gasteiger partial charge in [-0.05, 0) is 66.9 Å². The SMILES string of the molecule is CC1Cc2cc(Br)ccc2N1C(=O)Cc1ccc(N(C)S(=O)(=O)c2ccccc2)cc1. The predicted molar refractivity (Wildman–Crippen MR) is 127 cm³/mol. The van der Waals surface area contributed by atoms with E-state index >= 15 is 0 Å². The molecule has 1 heterocycles. The number of rotatable bonds is 5. The van der Waals surface area contributed by atoms with Crippen LogP contribution in [0.25, 0.3) is 0 Å². The van der Waals surface area contributed by atoms with Crippen molar-refractivity contribution in [2.24, 2.45) is 0 Å². The first-order valence-corrected chi connectivity index (χ1v) is 12.2. The van der Waals surface area contributed by atoms with E-state index in [4.69, 9.17) is 0 Å². The Bertz CT molecular complexity index is 1210. The summed E-state index contributed by atoms with van der Waals surface area (Å²) in [5, 5.41) is 0. The van der Waals surface area contributed by atoms with E-state index in [1.807, 2.05) is 29.2 Å². The molecule has 1 amide bonds. The maximum atomic E-state index is 13.0. The van der Waals surface area contributed by atoms with Crippen molar-refractivity contribution in [1.29, 1.82) is 0 Å². The van der Waals surface area contributed by atoms with Gasteiger partial charge in [-0.25, -0.2) is 8.42 Å². The molecule has 3 aromatic rings. The van der Waals surface area contributed by atoms with Gasteiger partial charge >= 0.3 is 0 Å². The normalized spacial score (nSPS) is 15.6. The standard InChI is InChI=1S/C24H23BrN2O3S/c1-17-14-19-16-20(25)10-13-23(19)27(17)24(28)15-18-8-11-21(12-9-18)26(2)31(29,30)22-6-4-3-5-7-22/h3-13,16-17H,14-15H2,1-2H3. The number of sulfonamides is 1. The molecule has 160 valence electrons. The molecule has 7 heteroatoms. The van der Waals surface area contributed by atoms with Crippen LogP contribution in [-0.2, 0) is 27.7 Å². The molecule has 0 radical (unpaired) electrons. The lowest BCUT2D eigenvalue weighted by atomic mass is 10.1. The van der Waals surface area contributed by atoms with Crippen molar-refractivity contribution in [1.82, 2.24) is 0 Å². The van der Waals surface area contributed by atoms with Crippen LogP contribution in [-0.4, -0.2) is 27.4 Å². The molecule has 0 spiro atoms. The molecular formula is C24H23BrN2O3S. The molecule has 0 saturated carbocycles. The Hall–Kier alpha value is -2.64. The van der Waals surface area contributed by atoms with Crippen LogP contribution in [0.4, 0.5) is 11.4 Å². The molecule has 0 aromatic heterocycles. The highest BCUT2D eigenvalue weighted by Gasteiger charge is 2.30. The summed E-state index contributed by atoms with van der Waals surface area (Å²) in [5.74, 6) is 0.0339. The van der Waals surface area contributed by atoms with Gasteiger partial charge in [0.1, 0.15) is 0 Å². The first-order chi connectivity index (χ1) is 14.8. The van der Waals surface area contributed by atoms with Gasteiger partial charge in [0.25, 0.3) is 10.0 Å². The number of benzene rings is 3. The highest BCUT2D eigenvalue weighted by molar-refractivity contribution is 9.10. The molecule has 0 fully saturated rings. The van der Waals surface area contributed by atoms with Crippen molar-refractivity contribution in [2.45, 2.75) is 30.7 Å². The third-order valence-electron chi connectivity index (χ3n) is 5.58. The van der Waals surface area contributed by atoms with Gasteiger partial charge in [-0.3, -0.25) is 9.10 Å². The summed E-state index contributed by atoms with van der Waals surface area (Å²) in [6, 6.07) is 21.5. The lowest BCUT2D eigenvalue weighted by Gasteiger charge is -2.23. The first kappa shape index (κ1) is 21.6. The highest BCUT2D eigenvalue weighted by atomic mass is 79.9. The van der Waals surface area contributed by atoms with E-state index < -0.39 is 10.0 Å². The zero-order chi connectivity index (χ0) is 22.2. The van der Waals surface area contributed by atoms with Crippen LogP contribution in [0.15, 0.2) is 82.2 Å². The van der Waals surface area contributed by atoms with Crippen LogP contribution in [0, 0.1) is 0 Å². The molecule has 0 N–H and O–H groups in total. The van der Waals surface area contributed by atoms with Gasteiger partial charge < -0.3 is 4.90 Å². The van der Waals surface area contributed by atoms with Crippen molar-refractivity contribution in [3.63, 3.8) is 0 Å². The van der Waals surface area contributed by atoms with Gasteiger partial charge in [-0.1, -0.05) is 46.3 Å². The molecule has 3 aromatic carbocycles. The number of halogens is 1. The Morgan fingerprint density at radius 2 is 1.74 bits per heavy atom. The fourth-order valence-corrected chi connectivity index (χ4v) is 5.58. The smallest absolute Gasteiger partial charge is 0.264 e. The van der Waals surface area contributed by atoms with Crippen LogP contribution < -0.4 is 9.21 Å². The Kier molecular flexibility index (Phi) is 5.90. The number of hydrogen-bond acceptors (Lipinski definition) is 3. The number of carbonyl (C=O) groups is 1. The zero-order valence-electron chi connectivity index (χ0n) is 17.3. The Balaban J connectivity index is 1.50. The van der Waals surface area contributed by atoms with Crippen molar-refractivity contribution in [3.05, 3.63) is 88.4 Å². The summed E-state index contributed by atoms with van der Waals surface area (Å²) in [4.78, 5) is 15.1. The third kappa shape index (κ3) is 4.25. The summed E-state index contributed by atoms with van der Waals surface area (Å²) in [6.45, 7) is 2.05. The second kappa shape index (κ2) is 8.48. The largest absolute Gasteiger partial charge is 0.309 e. The number of fused-ring (bicyclic) bond motifs is 1. The topological polar surface area (TPSA) is 57.7 Å². The van der Waals surface area contributed by atoms with Gasteiger partial charge in [-0.2, -0.15) is 0 Å². The molecule has 5 nitrogen and oxygen atoms in total. The summed E-state index contributed by atoms with van der Waals surface area (Å²) >= 11 is 3.49. The lowest BCUT2D eigenvalue weighted by molar-refractivity contribution is -0.118. The Morgan fingerprint density at radius 1 is 1.06 bits per heavy atom. The van der Waals surface area contributed by atoms with Crippen LogP contribution in [0.3, 0.4) is 0 Å². The Labute approximate surface area is 191 Å². The number of carbonyl (C=O) groups excluding carboxylic acids is 1. The molecular weight excluding hydrogens is 476 g/mol. The van der Waals surface area contributed by atoms with E-state index in [-0.39, 0.29) is 23.3 Å². The minimum absolute atomic E-state index is 0.0339. The molecule has 0 saturated heterocycles. The van der Waals surface area contributed by atoms with Crippen LogP contribution in [0.1, 0.15) is 18.1 Å². The minimum atomic E-state index is -3.63. The minimum Gasteiger partial charge on any atom is -0.309 e. The van der Waals surface area contributed by atoms with Crippen molar-refractivity contribution < 1.29 is 13.2 Å². The summed E-state index contributed by atoms with van der Waals surface area (Å²) < 4.78 is 27.9. The average molecular weight is 499 g/mol. The highest BCUT2D eigenvalue weighted by Crippen LogP contribution is 2.34. The van der Waals surface area contributed by atoms with Gasteiger partial charge in [0.05, 0.1) is 17.0 Å². The fraction of sp³-hybridized carbons (Fsp3) is 0.208. The quantitative estimate of drug-likeness (QED) is 0.507. The molecule has 4 rings (SSSR count). The summed E-state index contributed by atoms with van der Waals surface area (Å²) in [5.41, 5.74) is 3.52. The van der Waals surface area contributed by atoms with Crippen molar-refractivity contribution in [2.75, 3.05) is 16.3 Å². The number of hydrogen-bond donors (Lipinski definition) is 0. The third-order valence-corrected chi connectivity index (χ3v) is 7.88. The van der Waals surface area contributed by atoms with E-state index in [0.29, 0.717) is 5.69 Å². The maximum absolute atomic E-state index is 13.0. The van der Waals surface area contributed by atoms with E-state index in [1.54, 1.807) is 42.5 Å². The molecule has 0 aliphatic carbocycles. The van der Waals surface area contributed by atoms with Crippen molar-refractivity contribution >= 4 is 43.2 Å². The van der Waals surface area contributed by atoms with Crippen LogP contribution >= 0.6 is 15.9 Å². The van der Waals surface area contributed by atoms with Crippen LogP contribution in [0.5, 0.6) is 0 Å². The molecule has 1 unspecified atom stereocenters. The van der Waals surface area contributed by atoms with Gasteiger partial charge in [0, 0.05) is 23.2 Å². The van der Waals surface area contributed by atoms with E-state index in [2.05, 4.69) is 28.9 Å². The van der Waals surface area contributed by atoms with E-state index in [9.17, 15) is 13.2 Å². The molecule has 31 heavy (non-hydrogen) atoms. The lowest BCUT2D eigenvalue weighted by Crippen LogP contribution is -2.36.